The standard InChI is InChI=1S/C11H7FN4OS/c1-6-10(17)16-11(14-13-6)18-9(15-16)7-2-4-8(12)5-3-7/h2-5H,1H3. The molecule has 90 valence electrons. The molecule has 1 aromatic carbocycles. The molecule has 0 amide bonds. The fraction of sp³-hybridized carbons (Fsp3) is 0.0909. The lowest BCUT2D eigenvalue weighted by atomic mass is 10.2. The van der Waals surface area contributed by atoms with Crippen molar-refractivity contribution in [3.8, 4) is 10.6 Å². The highest BCUT2D eigenvalue weighted by atomic mass is 32.1. The third-order valence-corrected chi connectivity index (χ3v) is 3.39. The predicted molar refractivity (Wildman–Crippen MR) is 65.1 cm³/mol. The zero-order valence-corrected chi connectivity index (χ0v) is 10.1. The van der Waals surface area contributed by atoms with Crippen molar-refractivity contribution in [3.05, 3.63) is 46.1 Å². The number of rotatable bonds is 1. The fourth-order valence-corrected chi connectivity index (χ4v) is 2.34. The summed E-state index contributed by atoms with van der Waals surface area (Å²) < 4.78 is 14.0. The molecular formula is C11H7FN4OS. The first-order chi connectivity index (χ1) is 8.65. The third-order valence-electron chi connectivity index (χ3n) is 2.44. The average molecular weight is 262 g/mol. The van der Waals surface area contributed by atoms with Crippen molar-refractivity contribution in [1.82, 2.24) is 19.8 Å². The van der Waals surface area contributed by atoms with E-state index in [4.69, 9.17) is 0 Å². The van der Waals surface area contributed by atoms with Gasteiger partial charge >= 0.3 is 0 Å². The Bertz CT molecular complexity index is 778. The maximum atomic E-state index is 12.8. The van der Waals surface area contributed by atoms with E-state index < -0.39 is 0 Å². The summed E-state index contributed by atoms with van der Waals surface area (Å²) in [5.41, 5.74) is 0.747. The molecule has 0 atom stereocenters. The second-order valence-electron chi connectivity index (χ2n) is 3.70. The molecule has 18 heavy (non-hydrogen) atoms. The molecule has 0 radical (unpaired) electrons. The molecule has 0 saturated heterocycles. The van der Waals surface area contributed by atoms with Crippen LogP contribution in [0.25, 0.3) is 15.5 Å². The number of aryl methyl sites for hydroxylation is 1. The Morgan fingerprint density at radius 2 is 1.94 bits per heavy atom. The lowest BCUT2D eigenvalue weighted by Crippen LogP contribution is -2.19. The van der Waals surface area contributed by atoms with Crippen molar-refractivity contribution in [1.29, 1.82) is 0 Å². The molecule has 7 heteroatoms. The number of hydrogen-bond acceptors (Lipinski definition) is 5. The summed E-state index contributed by atoms with van der Waals surface area (Å²) in [6.07, 6.45) is 0. The highest BCUT2D eigenvalue weighted by molar-refractivity contribution is 7.19. The monoisotopic (exact) mass is 262 g/mol. The average Bonchev–Trinajstić information content (AvgIpc) is 2.80. The molecule has 3 aromatic rings. The number of aromatic nitrogens is 4. The normalized spacial score (nSPS) is 11.0. The van der Waals surface area contributed by atoms with Crippen LogP contribution in [0.4, 0.5) is 4.39 Å². The molecule has 0 spiro atoms. The molecule has 0 aliphatic heterocycles. The van der Waals surface area contributed by atoms with Gasteiger partial charge in [0, 0.05) is 5.56 Å². The van der Waals surface area contributed by atoms with E-state index in [1.54, 1.807) is 19.1 Å². The number of benzene rings is 1. The summed E-state index contributed by atoms with van der Waals surface area (Å²) in [6.45, 7) is 1.58. The van der Waals surface area contributed by atoms with E-state index in [9.17, 15) is 9.18 Å². The molecule has 0 N–H and O–H groups in total. The summed E-state index contributed by atoms with van der Waals surface area (Å²) in [5, 5.41) is 12.4. The minimum Gasteiger partial charge on any atom is -0.265 e. The molecule has 0 unspecified atom stereocenters. The highest BCUT2D eigenvalue weighted by Gasteiger charge is 2.10. The van der Waals surface area contributed by atoms with Crippen LogP contribution in [0, 0.1) is 12.7 Å². The highest BCUT2D eigenvalue weighted by Crippen LogP contribution is 2.23. The van der Waals surface area contributed by atoms with E-state index in [0.717, 1.165) is 5.56 Å². The summed E-state index contributed by atoms with van der Waals surface area (Å²) >= 11 is 1.23. The van der Waals surface area contributed by atoms with Crippen LogP contribution in [0.15, 0.2) is 29.1 Å². The van der Waals surface area contributed by atoms with Gasteiger partial charge in [-0.05, 0) is 31.2 Å². The number of nitrogens with zero attached hydrogens (tertiary/aromatic N) is 4. The lowest BCUT2D eigenvalue weighted by molar-refractivity contribution is 0.628. The van der Waals surface area contributed by atoms with E-state index in [2.05, 4.69) is 15.3 Å². The zero-order valence-electron chi connectivity index (χ0n) is 9.29. The van der Waals surface area contributed by atoms with Crippen LogP contribution in [0.5, 0.6) is 0 Å². The van der Waals surface area contributed by atoms with Gasteiger partial charge in [-0.2, -0.15) is 9.61 Å². The number of halogens is 1. The molecule has 3 rings (SSSR count). The SMILES string of the molecule is Cc1nnc2sc(-c3ccc(F)cc3)nn2c1=O. The van der Waals surface area contributed by atoms with Crippen molar-refractivity contribution in [2.75, 3.05) is 0 Å². The Balaban J connectivity index is 2.22. The minimum absolute atomic E-state index is 0.287. The van der Waals surface area contributed by atoms with Crippen molar-refractivity contribution < 1.29 is 4.39 Å². The van der Waals surface area contributed by atoms with Crippen molar-refractivity contribution in [2.45, 2.75) is 6.92 Å². The van der Waals surface area contributed by atoms with Crippen LogP contribution in [0.2, 0.25) is 0 Å². The van der Waals surface area contributed by atoms with Crippen LogP contribution in [0.1, 0.15) is 5.69 Å². The summed E-state index contributed by atoms with van der Waals surface area (Å²) in [4.78, 5) is 12.2. The van der Waals surface area contributed by atoms with E-state index in [1.807, 2.05) is 0 Å². The summed E-state index contributed by atoms with van der Waals surface area (Å²) in [7, 11) is 0. The van der Waals surface area contributed by atoms with E-state index in [1.165, 1.54) is 28.0 Å². The maximum Gasteiger partial charge on any atom is 0.296 e. The summed E-state index contributed by atoms with van der Waals surface area (Å²) in [6, 6.07) is 5.92. The maximum absolute atomic E-state index is 12.8. The van der Waals surface area contributed by atoms with Crippen LogP contribution in [-0.4, -0.2) is 19.8 Å². The van der Waals surface area contributed by atoms with Crippen LogP contribution in [-0.2, 0) is 0 Å². The van der Waals surface area contributed by atoms with Gasteiger partial charge in [0.2, 0.25) is 4.96 Å². The van der Waals surface area contributed by atoms with E-state index >= 15 is 0 Å². The second-order valence-corrected chi connectivity index (χ2v) is 4.66. The van der Waals surface area contributed by atoms with Gasteiger partial charge in [-0.1, -0.05) is 11.3 Å². The van der Waals surface area contributed by atoms with Crippen molar-refractivity contribution in [3.63, 3.8) is 0 Å². The van der Waals surface area contributed by atoms with Crippen molar-refractivity contribution >= 4 is 16.3 Å². The Morgan fingerprint density at radius 1 is 1.22 bits per heavy atom. The molecule has 0 fully saturated rings. The Morgan fingerprint density at radius 3 is 2.67 bits per heavy atom. The molecule has 0 aliphatic carbocycles. The van der Waals surface area contributed by atoms with Gasteiger partial charge < -0.3 is 0 Å². The molecule has 2 heterocycles. The minimum atomic E-state index is -0.312. The Labute approximate surface area is 105 Å². The largest absolute Gasteiger partial charge is 0.296 e. The zero-order chi connectivity index (χ0) is 12.7. The Hall–Kier alpha value is -2.15. The Kier molecular flexibility index (Phi) is 2.41. The topological polar surface area (TPSA) is 60.1 Å². The second kappa shape index (κ2) is 3.95. The van der Waals surface area contributed by atoms with Gasteiger partial charge in [-0.3, -0.25) is 4.79 Å². The molecule has 0 saturated carbocycles. The van der Waals surface area contributed by atoms with Gasteiger partial charge in [0.05, 0.1) is 0 Å². The van der Waals surface area contributed by atoms with Gasteiger partial charge in [0.1, 0.15) is 16.5 Å². The molecular weight excluding hydrogens is 255 g/mol. The number of fused-ring (bicyclic) bond motifs is 1. The lowest BCUT2D eigenvalue weighted by Gasteiger charge is -1.93. The fourth-order valence-electron chi connectivity index (χ4n) is 1.50. The van der Waals surface area contributed by atoms with E-state index in [0.29, 0.717) is 15.7 Å². The number of hydrogen-bond donors (Lipinski definition) is 0. The van der Waals surface area contributed by atoms with Crippen LogP contribution < -0.4 is 5.56 Å². The molecule has 5 nitrogen and oxygen atoms in total. The van der Waals surface area contributed by atoms with E-state index in [-0.39, 0.29) is 11.4 Å². The molecule has 2 aromatic heterocycles. The third kappa shape index (κ3) is 1.68. The van der Waals surface area contributed by atoms with Gasteiger partial charge in [0.25, 0.3) is 5.56 Å². The smallest absolute Gasteiger partial charge is 0.265 e. The molecule has 0 aliphatic rings. The van der Waals surface area contributed by atoms with Crippen LogP contribution in [0.3, 0.4) is 0 Å². The van der Waals surface area contributed by atoms with Gasteiger partial charge in [0.15, 0.2) is 0 Å². The summed E-state index contributed by atoms with van der Waals surface area (Å²) in [5.74, 6) is -0.312. The van der Waals surface area contributed by atoms with Gasteiger partial charge in [-0.25, -0.2) is 4.39 Å². The first-order valence-corrected chi connectivity index (χ1v) is 5.96. The predicted octanol–water partition coefficient (Wildman–Crippen LogP) is 1.66. The van der Waals surface area contributed by atoms with Crippen LogP contribution >= 0.6 is 11.3 Å². The first-order valence-electron chi connectivity index (χ1n) is 5.14. The quantitative estimate of drug-likeness (QED) is 0.669. The van der Waals surface area contributed by atoms with Gasteiger partial charge in [-0.15, -0.1) is 10.2 Å². The van der Waals surface area contributed by atoms with Crippen molar-refractivity contribution in [2.24, 2.45) is 0 Å². The first kappa shape index (κ1) is 11.0. The molecule has 0 bridgehead atoms.